The average molecular weight is 1200 g/mol. The fourth-order valence-corrected chi connectivity index (χ4v) is 9.50. The number of amides is 12. The standard InChI is InChI=1S/C57H78N16O13/c1-30(2)22-42(52(82)66-40(16-11-21-62-56(60)61-5)50(80)67-41(48(59)78)25-35-28-63-39-15-10-9-14-38(35)39)70-57(86)72-71-53(83)43(23-33-12-7-6-8-13-33)68-49(79)31(3)64-51(81)44(27-47(58)77)69-54(84)46-26-37(76)29-73(46)55(85)45(65-32(4)74)24-34-17-19-36(75)20-18-34/h6-10,12-15,17-20,28,30-31,37,40-46,63,75-76H,11,16,21-27,29H2,1-5H3,(H2,58,77)(H2,59,78)(H,64,81)(H,65,74)(H,66,82)(H,67,80)(H,68,79)(H,69,84)(H,71,83)(H3,60,61,62)(H2,70,72,86)/t31-,37-,40+,41+,42+,43+,44+,45-,46+/m1/s1. The SMILES string of the molecule is CNC(=N)NCCC[C@H](NC(=O)[C@H](CC(C)C)NC(=O)NNC(=O)[C@H](Cc1ccccc1)NC(=O)[C@@H](C)NC(=O)[C@H](CC(N)=O)NC(=O)[C@@H]1C[C@@H](O)CN1C(=O)[C@@H](Cc1ccc(O)cc1)NC(C)=O)C(=O)N[C@@H](Cc1c[nH]c2ccccc12)C(N)=O. The highest BCUT2D eigenvalue weighted by molar-refractivity contribution is 5.99. The molecule has 5 rings (SSSR count). The topological polar surface area (TPSA) is 455 Å². The van der Waals surface area contributed by atoms with Crippen LogP contribution >= 0.6 is 0 Å². The van der Waals surface area contributed by atoms with Crippen LogP contribution in [-0.2, 0) is 67.2 Å². The zero-order valence-corrected chi connectivity index (χ0v) is 48.4. The number of primary amides is 2. The molecule has 0 aliphatic carbocycles. The van der Waals surface area contributed by atoms with Gasteiger partial charge in [0.15, 0.2) is 5.96 Å². The van der Waals surface area contributed by atoms with Crippen molar-refractivity contribution in [2.45, 2.75) is 134 Å². The van der Waals surface area contributed by atoms with Gasteiger partial charge in [-0.2, -0.15) is 0 Å². The maximum Gasteiger partial charge on any atom is 0.334 e. The summed E-state index contributed by atoms with van der Waals surface area (Å²) in [5, 5.41) is 52.2. The fourth-order valence-electron chi connectivity index (χ4n) is 9.50. The Morgan fingerprint density at radius 1 is 0.674 bits per heavy atom. The third kappa shape index (κ3) is 20.8. The molecule has 0 bridgehead atoms. The van der Waals surface area contributed by atoms with Crippen LogP contribution in [0, 0.1) is 11.3 Å². The number of phenolic OH excluding ortho intramolecular Hbond substituents is 1. The number of β-amino-alcohol motifs (C(OH)–C–C–N with tert-alkyl or cyclic N) is 1. The zero-order chi connectivity index (χ0) is 63.2. The minimum Gasteiger partial charge on any atom is -0.508 e. The predicted octanol–water partition coefficient (Wildman–Crippen LogP) is -2.56. The first-order chi connectivity index (χ1) is 40.8. The van der Waals surface area contributed by atoms with Crippen LogP contribution in [0.4, 0.5) is 4.79 Å². The summed E-state index contributed by atoms with van der Waals surface area (Å²) in [6.07, 6.45) is -0.441. The number of urea groups is 1. The molecule has 3 aromatic carbocycles. The van der Waals surface area contributed by atoms with E-state index in [1.165, 1.54) is 38.1 Å². The third-order valence-corrected chi connectivity index (χ3v) is 13.9. The van der Waals surface area contributed by atoms with Gasteiger partial charge in [-0.1, -0.05) is 74.5 Å². The molecule has 86 heavy (non-hydrogen) atoms. The Hall–Kier alpha value is -9.80. The lowest BCUT2D eigenvalue weighted by molar-refractivity contribution is -0.142. The van der Waals surface area contributed by atoms with E-state index in [1.54, 1.807) is 57.4 Å². The van der Waals surface area contributed by atoms with Gasteiger partial charge in [-0.3, -0.25) is 58.8 Å². The highest BCUT2D eigenvalue weighted by Crippen LogP contribution is 2.23. The van der Waals surface area contributed by atoms with Crippen LogP contribution in [0.15, 0.2) is 85.1 Å². The van der Waals surface area contributed by atoms with E-state index in [-0.39, 0.29) is 75.7 Å². The Bertz CT molecular complexity index is 3070. The number of phenols is 1. The van der Waals surface area contributed by atoms with Gasteiger partial charge in [-0.25, -0.2) is 10.2 Å². The van der Waals surface area contributed by atoms with E-state index in [1.807, 2.05) is 24.3 Å². The monoisotopic (exact) mass is 1190 g/mol. The third-order valence-electron chi connectivity index (χ3n) is 13.9. The number of aromatic nitrogens is 1. The lowest BCUT2D eigenvalue weighted by Gasteiger charge is -2.29. The average Bonchev–Trinajstić information content (AvgIpc) is 3.95. The number of likely N-dealkylation sites (tertiary alicyclic amines) is 1. The summed E-state index contributed by atoms with van der Waals surface area (Å²) in [7, 11) is 1.55. The van der Waals surface area contributed by atoms with Crippen LogP contribution in [-0.4, -0.2) is 166 Å². The van der Waals surface area contributed by atoms with Gasteiger partial charge < -0.3 is 79.4 Å². The number of fused-ring (bicyclic) bond motifs is 1. The quantitative estimate of drug-likeness (QED) is 0.0115. The number of guanidine groups is 1. The van der Waals surface area contributed by atoms with Crippen molar-refractivity contribution >= 4 is 82.0 Å². The molecule has 0 unspecified atom stereocenters. The van der Waals surface area contributed by atoms with Crippen molar-refractivity contribution in [3.05, 3.63) is 102 Å². The molecule has 1 aliphatic rings. The van der Waals surface area contributed by atoms with E-state index in [4.69, 9.17) is 16.9 Å². The predicted molar refractivity (Wildman–Crippen MR) is 313 cm³/mol. The number of hydrogen-bond donors (Lipinski definition) is 17. The summed E-state index contributed by atoms with van der Waals surface area (Å²) in [6.45, 7) is 5.87. The summed E-state index contributed by atoms with van der Waals surface area (Å²) in [6, 6.07) is 9.50. The number of H-pyrrole nitrogens is 1. The minimum absolute atomic E-state index is 0.0136. The number of nitrogens with one attached hydrogen (secondary N) is 13. The van der Waals surface area contributed by atoms with Crippen LogP contribution < -0.4 is 70.2 Å². The van der Waals surface area contributed by atoms with Gasteiger partial charge in [-0.15, -0.1) is 0 Å². The number of hydrazine groups is 1. The number of benzene rings is 3. The number of rotatable bonds is 29. The lowest BCUT2D eigenvalue weighted by atomic mass is 10.0. The molecule has 1 fully saturated rings. The fraction of sp³-hybridized carbons (Fsp3) is 0.439. The van der Waals surface area contributed by atoms with Gasteiger partial charge >= 0.3 is 6.03 Å². The molecule has 1 saturated heterocycles. The molecule has 0 saturated carbocycles. The summed E-state index contributed by atoms with van der Waals surface area (Å²) < 4.78 is 0. The number of aliphatic hydroxyl groups excluding tert-OH is 1. The molecule has 29 heteroatoms. The van der Waals surface area contributed by atoms with Crippen LogP contribution in [0.3, 0.4) is 0 Å². The van der Waals surface area contributed by atoms with Gasteiger partial charge in [0.05, 0.1) is 12.5 Å². The number of nitrogens with zero attached hydrogens (tertiary/aromatic N) is 1. The van der Waals surface area contributed by atoms with Gasteiger partial charge in [0.1, 0.15) is 54.1 Å². The van der Waals surface area contributed by atoms with Gasteiger partial charge in [0, 0.05) is 69.8 Å². The van der Waals surface area contributed by atoms with E-state index in [0.29, 0.717) is 16.7 Å². The normalized spacial score (nSPS) is 16.1. The molecule has 0 spiro atoms. The number of nitrogens with two attached hydrogens (primary N) is 2. The number of carbonyl (C=O) groups is 11. The molecule has 19 N–H and O–H groups in total. The van der Waals surface area contributed by atoms with E-state index < -0.39 is 126 Å². The number of carbonyl (C=O) groups excluding carboxylic acids is 11. The van der Waals surface area contributed by atoms with Gasteiger partial charge in [-0.05, 0) is 67.0 Å². The molecule has 0 radical (unpaired) electrons. The molecule has 1 aromatic heterocycles. The number of aliphatic hydroxyl groups is 1. The van der Waals surface area contributed by atoms with E-state index in [0.717, 1.165) is 15.8 Å². The van der Waals surface area contributed by atoms with Crippen molar-refractivity contribution in [2.75, 3.05) is 20.1 Å². The minimum atomic E-state index is -1.72. The van der Waals surface area contributed by atoms with Crippen molar-refractivity contribution in [3.8, 4) is 5.75 Å². The van der Waals surface area contributed by atoms with Crippen molar-refractivity contribution in [1.82, 2.24) is 68.6 Å². The second kappa shape index (κ2) is 32.3. The molecule has 9 atom stereocenters. The first-order valence-electron chi connectivity index (χ1n) is 27.9. The van der Waals surface area contributed by atoms with Crippen LogP contribution in [0.2, 0.25) is 0 Å². The van der Waals surface area contributed by atoms with Crippen LogP contribution in [0.5, 0.6) is 5.75 Å². The van der Waals surface area contributed by atoms with E-state index in [9.17, 15) is 63.0 Å². The Balaban J connectivity index is 1.24. The summed E-state index contributed by atoms with van der Waals surface area (Å²) in [4.78, 5) is 152. The first kappa shape index (κ1) is 67.0. The van der Waals surface area contributed by atoms with Crippen molar-refractivity contribution in [2.24, 2.45) is 17.4 Å². The van der Waals surface area contributed by atoms with Crippen molar-refractivity contribution < 1.29 is 63.0 Å². The number of aromatic hydroxyl groups is 1. The van der Waals surface area contributed by atoms with Gasteiger partial charge in [0.2, 0.25) is 53.2 Å². The van der Waals surface area contributed by atoms with Crippen LogP contribution in [0.1, 0.15) is 76.5 Å². The molecule has 1 aliphatic heterocycles. The number of hydrogen-bond acceptors (Lipinski definition) is 14. The molecular weight excluding hydrogens is 1120 g/mol. The van der Waals surface area contributed by atoms with E-state index >= 15 is 0 Å². The number of aromatic amines is 1. The molecule has 2 heterocycles. The maximum atomic E-state index is 14.1. The molecular formula is C57H78N16O13. The van der Waals surface area contributed by atoms with Crippen molar-refractivity contribution in [3.63, 3.8) is 0 Å². The summed E-state index contributed by atoms with van der Waals surface area (Å²) >= 11 is 0. The Kier molecular flexibility index (Phi) is 25.2. The zero-order valence-electron chi connectivity index (χ0n) is 48.4. The maximum absolute atomic E-state index is 14.1. The first-order valence-corrected chi connectivity index (χ1v) is 27.9. The Labute approximate surface area is 495 Å². The summed E-state index contributed by atoms with van der Waals surface area (Å²) in [5.41, 5.74) is 18.3. The van der Waals surface area contributed by atoms with Crippen molar-refractivity contribution in [1.29, 1.82) is 5.41 Å². The smallest absolute Gasteiger partial charge is 0.334 e. The molecule has 12 amide bonds. The second-order valence-electron chi connectivity index (χ2n) is 21.3. The van der Waals surface area contributed by atoms with Gasteiger partial charge in [0.25, 0.3) is 5.91 Å². The second-order valence-corrected chi connectivity index (χ2v) is 21.3. The van der Waals surface area contributed by atoms with Crippen LogP contribution in [0.25, 0.3) is 10.9 Å². The lowest BCUT2D eigenvalue weighted by Crippen LogP contribution is -2.61. The molecule has 29 nitrogen and oxygen atoms in total. The molecule has 4 aromatic rings. The Morgan fingerprint density at radius 2 is 1.29 bits per heavy atom. The number of para-hydroxylation sites is 1. The highest BCUT2D eigenvalue weighted by atomic mass is 16.3. The molecule has 464 valence electrons. The highest BCUT2D eigenvalue weighted by Gasteiger charge is 2.43. The largest absolute Gasteiger partial charge is 0.508 e. The Morgan fingerprint density at radius 3 is 1.94 bits per heavy atom. The van der Waals surface area contributed by atoms with E-state index in [2.05, 4.69) is 63.7 Å². The summed E-state index contributed by atoms with van der Waals surface area (Å²) in [5.74, 6) is -8.92.